The molecule has 0 N–H and O–H groups in total. The first kappa shape index (κ1) is 38.7. The zero-order chi connectivity index (χ0) is 71.4. The fourth-order valence-electron chi connectivity index (χ4n) is 12.5. The number of fused-ring (bicyclic) bond motifs is 10. The van der Waals surface area contributed by atoms with Gasteiger partial charge in [-0.2, -0.15) is 0 Å². The maximum atomic E-state index is 10.1. The van der Waals surface area contributed by atoms with Crippen molar-refractivity contribution in [1.82, 2.24) is 14.1 Å². The normalized spacial score (nSPS) is 14.7. The third-order valence-corrected chi connectivity index (χ3v) is 20.8. The van der Waals surface area contributed by atoms with Crippen molar-refractivity contribution < 1.29 is 29.9 Å². The molecule has 0 unspecified atom stereocenters. The third-order valence-electron chi connectivity index (χ3n) is 16.7. The predicted molar refractivity (Wildman–Crippen MR) is 359 cm³/mol. The molecule has 0 aliphatic carbocycles. The van der Waals surface area contributed by atoms with Gasteiger partial charge >= 0.3 is 0 Å². The predicted octanol–water partition coefficient (Wildman–Crippen LogP) is 16.9. The van der Waals surface area contributed by atoms with E-state index in [2.05, 4.69) is 107 Å². The van der Waals surface area contributed by atoms with E-state index >= 15 is 0 Å². The van der Waals surface area contributed by atoms with Gasteiger partial charge in [0.25, 0.3) is 6.33 Å². The molecule has 0 fully saturated rings. The first-order valence-electron chi connectivity index (χ1n) is 36.1. The number of hydrogen-bond donors (Lipinski definition) is 0. The molecule has 6 heteroatoms. The summed E-state index contributed by atoms with van der Waals surface area (Å²) < 4.78 is 157. The van der Waals surface area contributed by atoms with Gasteiger partial charge in [-0.05, 0) is 136 Å². The highest BCUT2D eigenvalue weighted by Gasteiger charge is 2.43. The molecule has 0 radical (unpaired) electrons. The van der Waals surface area contributed by atoms with Crippen molar-refractivity contribution in [3.05, 3.63) is 296 Å². The Kier molecular flexibility index (Phi) is 9.25. The summed E-state index contributed by atoms with van der Waals surface area (Å²) in [6.45, 7) is 13.0. The number of aromatic nitrogens is 4. The Bertz CT molecular complexity index is 5620. The van der Waals surface area contributed by atoms with Crippen LogP contribution in [0.4, 0.5) is 0 Å². The highest BCUT2D eigenvalue weighted by atomic mass is 28.3. The third kappa shape index (κ3) is 8.73. The van der Waals surface area contributed by atoms with E-state index in [1.54, 1.807) is 16.7 Å². The largest absolute Gasteiger partial charge is 0.458 e. The summed E-state index contributed by atoms with van der Waals surface area (Å²) in [4.78, 5) is 4.91. The summed E-state index contributed by atoms with van der Waals surface area (Å²) in [7, 11) is -5.77. The van der Waals surface area contributed by atoms with E-state index in [1.165, 1.54) is 0 Å². The molecule has 86 heavy (non-hydrogen) atoms. The minimum absolute atomic E-state index is 0.0669. The molecule has 4 heterocycles. The van der Waals surface area contributed by atoms with Crippen molar-refractivity contribution in [2.24, 2.45) is 0 Å². The van der Waals surface area contributed by atoms with Crippen LogP contribution in [0.25, 0.3) is 94.5 Å². The average molecular weight is 1140 g/mol. The fourth-order valence-corrected chi connectivity index (χ4v) is 16.3. The lowest BCUT2D eigenvalue weighted by atomic mass is 9.85. The highest BCUT2D eigenvalue weighted by Crippen LogP contribution is 2.46. The van der Waals surface area contributed by atoms with Gasteiger partial charge in [0.2, 0.25) is 0 Å². The quantitative estimate of drug-likeness (QED) is 0.0625. The second-order valence-electron chi connectivity index (χ2n) is 23.8. The maximum absolute atomic E-state index is 10.1. The molecular formula is C80H64N4OSi. The van der Waals surface area contributed by atoms with Crippen molar-refractivity contribution >= 4 is 61.7 Å². The van der Waals surface area contributed by atoms with Crippen LogP contribution in [-0.4, -0.2) is 22.2 Å². The smallest absolute Gasteiger partial charge is 0.269 e. The molecule has 0 bridgehead atoms. The van der Waals surface area contributed by atoms with Crippen LogP contribution < -0.4 is 30.1 Å². The van der Waals surface area contributed by atoms with E-state index in [4.69, 9.17) is 13.8 Å². The average Bonchev–Trinajstić information content (AvgIpc) is 1.43. The summed E-state index contributed by atoms with van der Waals surface area (Å²) in [5, 5.41) is 0.0995. The minimum Gasteiger partial charge on any atom is -0.458 e. The molecule has 1 aliphatic rings. The van der Waals surface area contributed by atoms with E-state index in [0.717, 1.165) is 66.6 Å². The number of para-hydroxylation sites is 2. The Morgan fingerprint density at radius 2 is 0.988 bits per heavy atom. The number of rotatable bonds is 9. The van der Waals surface area contributed by atoms with Gasteiger partial charge in [0.05, 0.1) is 54.0 Å². The van der Waals surface area contributed by atoms with Crippen molar-refractivity contribution in [3.63, 3.8) is 0 Å². The summed E-state index contributed by atoms with van der Waals surface area (Å²) in [5.74, 6) is 1.61. The molecule has 5 nitrogen and oxygen atoms in total. The minimum atomic E-state index is -5.77. The van der Waals surface area contributed by atoms with Crippen LogP contribution in [0.5, 0.6) is 11.5 Å². The number of ether oxygens (including phenoxy) is 1. The van der Waals surface area contributed by atoms with E-state index < -0.39 is 114 Å². The molecule has 0 spiro atoms. The zero-order valence-corrected chi connectivity index (χ0v) is 49.1. The standard InChI is InChI=1S/C80H64N4OSi/c1-79(2,3)55-42-40-54(41-43-55)64-37-23-38-71-67-34-18-16-32-65(67)66-33-17-19-35-68(66)72-51-63(86(60-26-10-7-11-27-60,61-28-12-8-13-29-61)62-30-14-9-15-31-62)52-75-78(72)83(77(64)71)53-82(75)57-24-22-25-58(49-57)85-59-44-45-70-69-36-20-21-39-73(69)84(74(70)50-59)76-48-56(46-47-81-76)80(4,5)6/h7-52H,1-6H3/i7D,8D,9D,10D,11D,12D,13D,14D,15D,26D,27D,28D,29D,30D,31D. The van der Waals surface area contributed by atoms with Gasteiger partial charge in [-0.25, -0.2) is 4.98 Å². The fraction of sp³-hybridized carbons (Fsp3) is 0.100. The molecule has 0 saturated heterocycles. The molecule has 14 aromatic rings. The molecule has 11 aromatic carbocycles. The summed E-state index contributed by atoms with van der Waals surface area (Å²) in [6.07, 6.45) is 5.66. The van der Waals surface area contributed by atoms with Gasteiger partial charge in [0.15, 0.2) is 8.07 Å². The molecule has 1 aliphatic heterocycles. The van der Waals surface area contributed by atoms with E-state index in [-0.39, 0.29) is 16.0 Å². The van der Waals surface area contributed by atoms with Crippen LogP contribution in [0.2, 0.25) is 0 Å². The lowest BCUT2D eigenvalue weighted by Gasteiger charge is -2.35. The Labute approximate surface area is 525 Å². The topological polar surface area (TPSA) is 35.9 Å². The lowest BCUT2D eigenvalue weighted by Crippen LogP contribution is -2.74. The van der Waals surface area contributed by atoms with Crippen LogP contribution in [0.15, 0.2) is 279 Å². The molecule has 15 rings (SSSR count). The first-order chi connectivity index (χ1) is 48.1. The molecule has 0 amide bonds. The number of hydrogen-bond acceptors (Lipinski definition) is 2. The molecule has 3 aromatic heterocycles. The maximum Gasteiger partial charge on any atom is 0.269 e. The number of imidazole rings is 1. The van der Waals surface area contributed by atoms with Crippen LogP contribution in [-0.2, 0) is 10.8 Å². The summed E-state index contributed by atoms with van der Waals surface area (Å²) >= 11 is 0. The van der Waals surface area contributed by atoms with Crippen LogP contribution in [0.3, 0.4) is 0 Å². The molecule has 0 atom stereocenters. The summed E-state index contributed by atoms with van der Waals surface area (Å²) in [5.41, 5.74) is 11.3. The molecule has 0 saturated carbocycles. The van der Waals surface area contributed by atoms with Crippen molar-refractivity contribution in [1.29, 1.82) is 0 Å². The first-order valence-corrected chi connectivity index (χ1v) is 30.6. The summed E-state index contributed by atoms with van der Waals surface area (Å²) in [6, 6.07) is 46.2. The Morgan fingerprint density at radius 3 is 1.63 bits per heavy atom. The van der Waals surface area contributed by atoms with E-state index in [0.29, 0.717) is 50.6 Å². The van der Waals surface area contributed by atoms with Crippen molar-refractivity contribution in [2.75, 3.05) is 0 Å². The monoisotopic (exact) mass is 1140 g/mol. The molecular weight excluding hydrogens is 1060 g/mol. The van der Waals surface area contributed by atoms with Gasteiger partial charge in [-0.1, -0.05) is 260 Å². The van der Waals surface area contributed by atoms with Gasteiger partial charge in [-0.15, -0.1) is 0 Å². The van der Waals surface area contributed by atoms with Gasteiger partial charge in [-0.3, -0.25) is 13.7 Å². The van der Waals surface area contributed by atoms with Gasteiger partial charge < -0.3 is 4.74 Å². The second kappa shape index (κ2) is 20.6. The van der Waals surface area contributed by atoms with Gasteiger partial charge in [0, 0.05) is 23.0 Å². The van der Waals surface area contributed by atoms with Crippen LogP contribution in [0, 0.1) is 6.33 Å². The zero-order valence-electron chi connectivity index (χ0n) is 63.1. The highest BCUT2D eigenvalue weighted by molar-refractivity contribution is 7.20. The van der Waals surface area contributed by atoms with Crippen LogP contribution >= 0.6 is 0 Å². The Hall–Kier alpha value is -10.1. The SMILES string of the molecule is [2H]c1c([2H])c([2H])c([Si](c2cc3c4c(c2)n(-c2cccc(Oc5ccc6c7ccccc7n(-c7cc(C(C)(C)C)ccn7)c6c5)c2)[c-][n+]4-c2c(-c4ccc(C(C)(C)C)cc4)cccc2-c2ccccc2-c2ccccc2-3)(c2c([2H])c([2H])c([2H])c([2H])c2[2H])c2c([2H])c([2H])c([2H])c([2H])c2[2H])c([2H])c1[2H]. The molecule has 414 valence electrons. The van der Waals surface area contributed by atoms with E-state index in [9.17, 15) is 16.4 Å². The van der Waals surface area contributed by atoms with Gasteiger partial charge in [0.1, 0.15) is 17.3 Å². The number of nitrogens with zero attached hydrogens (tertiary/aromatic N) is 4. The van der Waals surface area contributed by atoms with Crippen molar-refractivity contribution in [3.8, 4) is 73.2 Å². The van der Waals surface area contributed by atoms with E-state index in [1.807, 2.05) is 126 Å². The Balaban J connectivity index is 1.11. The number of pyridine rings is 1. The Morgan fingerprint density at radius 1 is 0.442 bits per heavy atom. The van der Waals surface area contributed by atoms with Crippen molar-refractivity contribution in [2.45, 2.75) is 52.4 Å². The van der Waals surface area contributed by atoms with Crippen LogP contribution in [0.1, 0.15) is 73.2 Å². The lowest BCUT2D eigenvalue weighted by molar-refractivity contribution is -0.570. The second-order valence-corrected chi connectivity index (χ2v) is 27.4. The number of benzene rings is 11.